The lowest BCUT2D eigenvalue weighted by Crippen LogP contribution is -1.91. The first kappa shape index (κ1) is 12.4. The minimum absolute atomic E-state index is 0.241. The number of hydrogen-bond donors (Lipinski definition) is 1. The molecule has 0 atom stereocenters. The van der Waals surface area contributed by atoms with Crippen LogP contribution in [0.3, 0.4) is 0 Å². The van der Waals surface area contributed by atoms with E-state index in [2.05, 4.69) is 29.6 Å². The quantitative estimate of drug-likeness (QED) is 0.681. The van der Waals surface area contributed by atoms with E-state index in [0.29, 0.717) is 0 Å². The van der Waals surface area contributed by atoms with Gasteiger partial charge in [-0.25, -0.2) is 4.39 Å². The first-order valence-corrected chi connectivity index (χ1v) is 6.49. The monoisotopic (exact) mass is 263 g/mol. The van der Waals surface area contributed by atoms with Crippen molar-refractivity contribution in [3.05, 3.63) is 84.7 Å². The van der Waals surface area contributed by atoms with Gasteiger partial charge in [-0.2, -0.15) is 0 Å². The fourth-order valence-corrected chi connectivity index (χ4v) is 2.14. The molecule has 0 spiro atoms. The second kappa shape index (κ2) is 5.57. The summed E-state index contributed by atoms with van der Waals surface area (Å²) in [5.74, 6) is -0.241. The zero-order valence-electron chi connectivity index (χ0n) is 10.9. The standard InChI is InChI=1S/C18H14FN/c19-16-9-5-11-18(13-16)20-17-10-4-8-15(12-17)14-6-2-1-3-7-14/h1-13,20H. The topological polar surface area (TPSA) is 12.0 Å². The van der Waals surface area contributed by atoms with E-state index in [1.54, 1.807) is 6.07 Å². The van der Waals surface area contributed by atoms with Crippen LogP contribution >= 0.6 is 0 Å². The molecule has 2 heteroatoms. The molecule has 0 bridgehead atoms. The van der Waals surface area contributed by atoms with Crippen LogP contribution in [0.4, 0.5) is 15.8 Å². The Morgan fingerprint density at radius 2 is 1.25 bits per heavy atom. The molecule has 3 aromatic carbocycles. The molecule has 0 amide bonds. The first-order chi connectivity index (χ1) is 9.81. The maximum absolute atomic E-state index is 13.2. The minimum Gasteiger partial charge on any atom is -0.355 e. The van der Waals surface area contributed by atoms with Crippen molar-refractivity contribution >= 4 is 11.4 Å². The summed E-state index contributed by atoms with van der Waals surface area (Å²) < 4.78 is 13.2. The molecule has 1 nitrogen and oxygen atoms in total. The van der Waals surface area contributed by atoms with Crippen molar-refractivity contribution in [3.8, 4) is 11.1 Å². The van der Waals surface area contributed by atoms with Crippen molar-refractivity contribution in [3.63, 3.8) is 0 Å². The third-order valence-corrected chi connectivity index (χ3v) is 3.08. The molecule has 1 N–H and O–H groups in total. The Bertz CT molecular complexity index is 707. The van der Waals surface area contributed by atoms with E-state index in [0.717, 1.165) is 22.5 Å². The zero-order chi connectivity index (χ0) is 13.8. The van der Waals surface area contributed by atoms with Gasteiger partial charge in [0, 0.05) is 11.4 Å². The average molecular weight is 263 g/mol. The van der Waals surface area contributed by atoms with Crippen LogP contribution in [0.5, 0.6) is 0 Å². The third-order valence-electron chi connectivity index (χ3n) is 3.08. The molecule has 0 saturated carbocycles. The van der Waals surface area contributed by atoms with Gasteiger partial charge in [0.15, 0.2) is 0 Å². The Morgan fingerprint density at radius 1 is 0.600 bits per heavy atom. The Morgan fingerprint density at radius 3 is 2.00 bits per heavy atom. The number of rotatable bonds is 3. The maximum Gasteiger partial charge on any atom is 0.125 e. The lowest BCUT2D eigenvalue weighted by atomic mass is 10.1. The largest absolute Gasteiger partial charge is 0.355 e. The summed E-state index contributed by atoms with van der Waals surface area (Å²) in [6.07, 6.45) is 0. The van der Waals surface area contributed by atoms with Crippen LogP contribution in [-0.2, 0) is 0 Å². The van der Waals surface area contributed by atoms with Crippen LogP contribution in [0.1, 0.15) is 0 Å². The lowest BCUT2D eigenvalue weighted by Gasteiger charge is -2.08. The molecule has 3 aromatic rings. The third kappa shape index (κ3) is 2.86. The average Bonchev–Trinajstić information content (AvgIpc) is 2.48. The van der Waals surface area contributed by atoms with Gasteiger partial charge >= 0.3 is 0 Å². The van der Waals surface area contributed by atoms with Crippen molar-refractivity contribution in [1.29, 1.82) is 0 Å². The van der Waals surface area contributed by atoms with Gasteiger partial charge in [-0.05, 0) is 41.5 Å². The molecule has 3 rings (SSSR count). The first-order valence-electron chi connectivity index (χ1n) is 6.49. The fourth-order valence-electron chi connectivity index (χ4n) is 2.14. The summed E-state index contributed by atoms with van der Waals surface area (Å²) in [5.41, 5.74) is 3.98. The molecule has 98 valence electrons. The molecule has 0 heterocycles. The van der Waals surface area contributed by atoms with Gasteiger partial charge in [-0.15, -0.1) is 0 Å². The summed E-state index contributed by atoms with van der Waals surface area (Å²) in [6, 6.07) is 24.7. The molecule has 0 fully saturated rings. The van der Waals surface area contributed by atoms with Crippen LogP contribution in [0, 0.1) is 5.82 Å². The molecule has 0 saturated heterocycles. The Balaban J connectivity index is 1.88. The predicted molar refractivity (Wildman–Crippen MR) is 81.6 cm³/mol. The Kier molecular flexibility index (Phi) is 3.46. The molecule has 0 radical (unpaired) electrons. The van der Waals surface area contributed by atoms with Gasteiger partial charge in [-0.3, -0.25) is 0 Å². The normalized spacial score (nSPS) is 10.2. The highest BCUT2D eigenvalue weighted by atomic mass is 19.1. The number of nitrogens with one attached hydrogen (secondary N) is 1. The summed E-state index contributed by atoms with van der Waals surface area (Å²) in [4.78, 5) is 0. The summed E-state index contributed by atoms with van der Waals surface area (Å²) in [6.45, 7) is 0. The van der Waals surface area contributed by atoms with Crippen LogP contribution < -0.4 is 5.32 Å². The van der Waals surface area contributed by atoms with Gasteiger partial charge in [0.05, 0.1) is 0 Å². The number of anilines is 2. The van der Waals surface area contributed by atoms with E-state index in [9.17, 15) is 4.39 Å². The van der Waals surface area contributed by atoms with Crippen LogP contribution in [0.2, 0.25) is 0 Å². The van der Waals surface area contributed by atoms with Gasteiger partial charge < -0.3 is 5.32 Å². The van der Waals surface area contributed by atoms with Crippen molar-refractivity contribution < 1.29 is 4.39 Å². The summed E-state index contributed by atoms with van der Waals surface area (Å²) in [7, 11) is 0. The Labute approximate surface area is 117 Å². The van der Waals surface area contributed by atoms with Gasteiger partial charge in [0.25, 0.3) is 0 Å². The smallest absolute Gasteiger partial charge is 0.125 e. The van der Waals surface area contributed by atoms with Crippen molar-refractivity contribution in [1.82, 2.24) is 0 Å². The predicted octanol–water partition coefficient (Wildman–Crippen LogP) is 5.24. The van der Waals surface area contributed by atoms with E-state index in [4.69, 9.17) is 0 Å². The highest BCUT2D eigenvalue weighted by Crippen LogP contribution is 2.24. The Hall–Kier alpha value is -2.61. The molecular weight excluding hydrogens is 249 g/mol. The molecule has 0 aliphatic heterocycles. The van der Waals surface area contributed by atoms with Crippen LogP contribution in [-0.4, -0.2) is 0 Å². The second-order valence-electron chi connectivity index (χ2n) is 4.58. The molecule has 20 heavy (non-hydrogen) atoms. The molecular formula is C18H14FN. The SMILES string of the molecule is Fc1cccc(Nc2cccc(-c3ccccc3)c2)c1. The summed E-state index contributed by atoms with van der Waals surface area (Å²) >= 11 is 0. The van der Waals surface area contributed by atoms with Crippen molar-refractivity contribution in [2.45, 2.75) is 0 Å². The molecule has 0 aliphatic carbocycles. The van der Waals surface area contributed by atoms with E-state index >= 15 is 0 Å². The lowest BCUT2D eigenvalue weighted by molar-refractivity contribution is 0.628. The van der Waals surface area contributed by atoms with Crippen molar-refractivity contribution in [2.75, 3.05) is 5.32 Å². The molecule has 0 unspecified atom stereocenters. The number of halogens is 1. The molecule has 0 aromatic heterocycles. The zero-order valence-corrected chi connectivity index (χ0v) is 10.9. The van der Waals surface area contributed by atoms with E-state index in [-0.39, 0.29) is 5.82 Å². The van der Waals surface area contributed by atoms with E-state index < -0.39 is 0 Å². The maximum atomic E-state index is 13.2. The van der Waals surface area contributed by atoms with Crippen molar-refractivity contribution in [2.24, 2.45) is 0 Å². The van der Waals surface area contributed by atoms with E-state index in [1.165, 1.54) is 12.1 Å². The van der Waals surface area contributed by atoms with E-state index in [1.807, 2.05) is 36.4 Å². The molecule has 0 aliphatic rings. The highest BCUT2D eigenvalue weighted by Gasteiger charge is 2.00. The summed E-state index contributed by atoms with van der Waals surface area (Å²) in [5, 5.41) is 3.21. The van der Waals surface area contributed by atoms with Gasteiger partial charge in [-0.1, -0.05) is 48.5 Å². The minimum atomic E-state index is -0.241. The van der Waals surface area contributed by atoms with Crippen LogP contribution in [0.15, 0.2) is 78.9 Å². The van der Waals surface area contributed by atoms with Crippen LogP contribution in [0.25, 0.3) is 11.1 Å². The number of hydrogen-bond acceptors (Lipinski definition) is 1. The van der Waals surface area contributed by atoms with Gasteiger partial charge in [0.2, 0.25) is 0 Å². The number of benzene rings is 3. The second-order valence-corrected chi connectivity index (χ2v) is 4.58. The fraction of sp³-hybridized carbons (Fsp3) is 0. The highest BCUT2D eigenvalue weighted by molar-refractivity contribution is 5.70. The van der Waals surface area contributed by atoms with Gasteiger partial charge in [0.1, 0.15) is 5.82 Å².